The molecule has 2 amide bonds. The second kappa shape index (κ2) is 1.21. The van der Waals surface area contributed by atoms with Gasteiger partial charge in [-0.05, 0) is 12.1 Å². The molecule has 3 heterocycles. The van der Waals surface area contributed by atoms with Gasteiger partial charge in [0.1, 0.15) is 0 Å². The van der Waals surface area contributed by atoms with E-state index in [9.17, 15) is 9.59 Å². The average molecular weight is 145 g/mol. The van der Waals surface area contributed by atoms with Gasteiger partial charge in [-0.3, -0.25) is 9.59 Å². The largest absolute Gasteiger partial charge is 0.268 e. The summed E-state index contributed by atoms with van der Waals surface area (Å²) in [5.74, 6) is -0.300. The summed E-state index contributed by atoms with van der Waals surface area (Å²) in [4.78, 5) is 23.4. The lowest BCUT2D eigenvalue weighted by Gasteiger charge is -2.20. The molecule has 11 heavy (non-hydrogen) atoms. The molecule has 0 saturated carbocycles. The molecule has 0 unspecified atom stereocenters. The molecule has 52 valence electrons. The van der Waals surface area contributed by atoms with Crippen molar-refractivity contribution in [1.29, 1.82) is 0 Å². The molecule has 4 rings (SSSR count). The summed E-state index contributed by atoms with van der Waals surface area (Å²) in [7, 11) is 0. The monoisotopic (exact) mass is 145 g/mol. The lowest BCUT2D eigenvalue weighted by atomic mass is 10.1. The number of hydrogen-bond donors (Lipinski definition) is 0. The van der Waals surface area contributed by atoms with E-state index in [0.717, 1.165) is 5.69 Å². The van der Waals surface area contributed by atoms with Gasteiger partial charge in [0.25, 0.3) is 11.8 Å². The Morgan fingerprint density at radius 1 is 1.09 bits per heavy atom. The SMILES string of the molecule is O=C1c2cccc3c2C(=O)N13. The van der Waals surface area contributed by atoms with Crippen molar-refractivity contribution in [3.05, 3.63) is 29.3 Å². The minimum absolute atomic E-state index is 0.138. The summed E-state index contributed by atoms with van der Waals surface area (Å²) in [5.41, 5.74) is 1.95. The molecule has 0 aliphatic carbocycles. The number of imide groups is 1. The highest BCUT2D eigenvalue weighted by Gasteiger charge is 2.48. The number of anilines is 1. The van der Waals surface area contributed by atoms with Gasteiger partial charge in [0.15, 0.2) is 0 Å². The van der Waals surface area contributed by atoms with Crippen LogP contribution in [0.3, 0.4) is 0 Å². The topological polar surface area (TPSA) is 37.4 Å². The second-order valence-corrected chi connectivity index (χ2v) is 2.65. The second-order valence-electron chi connectivity index (χ2n) is 2.65. The van der Waals surface area contributed by atoms with Crippen LogP contribution in [-0.4, -0.2) is 11.8 Å². The molecular formula is C8H3NO2. The van der Waals surface area contributed by atoms with E-state index in [0.29, 0.717) is 11.1 Å². The molecule has 0 aromatic heterocycles. The van der Waals surface area contributed by atoms with Crippen molar-refractivity contribution < 1.29 is 9.59 Å². The Hall–Kier alpha value is -1.64. The van der Waals surface area contributed by atoms with E-state index in [1.807, 2.05) is 0 Å². The number of benzene rings is 1. The summed E-state index contributed by atoms with van der Waals surface area (Å²) < 4.78 is 0. The molecule has 3 heteroatoms. The van der Waals surface area contributed by atoms with Crippen molar-refractivity contribution in [2.75, 3.05) is 4.90 Å². The van der Waals surface area contributed by atoms with Crippen LogP contribution >= 0.6 is 0 Å². The molecular weight excluding hydrogens is 142 g/mol. The molecule has 0 fully saturated rings. The number of carbonyl (C=O) groups excluding carboxylic acids is 2. The Labute approximate surface area is 62.2 Å². The summed E-state index contributed by atoms with van der Waals surface area (Å²) in [6.45, 7) is 0. The number of amides is 2. The van der Waals surface area contributed by atoms with Crippen molar-refractivity contribution >= 4 is 17.5 Å². The van der Waals surface area contributed by atoms with Gasteiger partial charge >= 0.3 is 0 Å². The predicted molar refractivity (Wildman–Crippen MR) is 37.6 cm³/mol. The molecule has 3 aliphatic rings. The molecule has 3 nitrogen and oxygen atoms in total. The fraction of sp³-hybridized carbons (Fsp3) is 0. The van der Waals surface area contributed by atoms with Gasteiger partial charge in [0, 0.05) is 0 Å². The first-order chi connectivity index (χ1) is 5.30. The van der Waals surface area contributed by atoms with Crippen LogP contribution in [0.15, 0.2) is 18.2 Å². The zero-order valence-electron chi connectivity index (χ0n) is 5.50. The van der Waals surface area contributed by atoms with E-state index in [1.165, 1.54) is 4.90 Å². The zero-order chi connectivity index (χ0) is 7.59. The molecule has 0 saturated heterocycles. The van der Waals surface area contributed by atoms with Crippen LogP contribution in [0.1, 0.15) is 20.7 Å². The third-order valence-electron chi connectivity index (χ3n) is 2.13. The highest BCUT2D eigenvalue weighted by atomic mass is 16.2. The van der Waals surface area contributed by atoms with E-state index in [-0.39, 0.29) is 11.8 Å². The molecule has 0 radical (unpaired) electrons. The normalized spacial score (nSPS) is 17.3. The lowest BCUT2D eigenvalue weighted by molar-refractivity contribution is 0.0912. The van der Waals surface area contributed by atoms with Crippen molar-refractivity contribution in [2.45, 2.75) is 0 Å². The van der Waals surface area contributed by atoms with Crippen molar-refractivity contribution in [1.82, 2.24) is 0 Å². The predicted octanol–water partition coefficient (Wildman–Crippen LogP) is 0.801. The fourth-order valence-electron chi connectivity index (χ4n) is 1.62. The summed E-state index contributed by atoms with van der Waals surface area (Å²) in [5, 5.41) is 0. The van der Waals surface area contributed by atoms with Crippen LogP contribution in [0.5, 0.6) is 0 Å². The Morgan fingerprint density at radius 3 is 2.55 bits per heavy atom. The molecule has 3 aliphatic heterocycles. The minimum atomic E-state index is -0.162. The van der Waals surface area contributed by atoms with Crippen molar-refractivity contribution in [2.24, 2.45) is 0 Å². The molecule has 4 bridgehead atoms. The number of nitrogens with zero attached hydrogens (tertiary/aromatic N) is 1. The average Bonchev–Trinajstić information content (AvgIpc) is 2.34. The highest BCUT2D eigenvalue weighted by molar-refractivity contribution is 6.44. The van der Waals surface area contributed by atoms with Crippen LogP contribution in [-0.2, 0) is 0 Å². The summed E-state index contributed by atoms with van der Waals surface area (Å²) >= 11 is 0. The van der Waals surface area contributed by atoms with Crippen LogP contribution in [0.25, 0.3) is 0 Å². The summed E-state index contributed by atoms with van der Waals surface area (Å²) in [6, 6.07) is 5.26. The Kier molecular flexibility index (Phi) is 0.557. The molecule has 0 spiro atoms. The minimum Gasteiger partial charge on any atom is -0.268 e. The molecule has 0 N–H and O–H groups in total. The van der Waals surface area contributed by atoms with E-state index in [4.69, 9.17) is 0 Å². The lowest BCUT2D eigenvalue weighted by Crippen LogP contribution is -2.35. The van der Waals surface area contributed by atoms with Crippen LogP contribution in [0.4, 0.5) is 5.69 Å². The third kappa shape index (κ3) is 0.323. The standard InChI is InChI=1S/C8H3NO2/c10-7-4-2-1-3-5-6(4)8(11)9(5)7/h1-3H. The van der Waals surface area contributed by atoms with E-state index < -0.39 is 0 Å². The molecule has 1 aromatic rings. The number of carbonyl (C=O) groups is 2. The molecule has 1 aromatic carbocycles. The number of rotatable bonds is 0. The smallest absolute Gasteiger partial charge is 0.268 e. The van der Waals surface area contributed by atoms with Gasteiger partial charge in [0.2, 0.25) is 0 Å². The zero-order valence-corrected chi connectivity index (χ0v) is 5.50. The van der Waals surface area contributed by atoms with Crippen molar-refractivity contribution in [3.8, 4) is 0 Å². The van der Waals surface area contributed by atoms with E-state index in [1.54, 1.807) is 18.2 Å². The van der Waals surface area contributed by atoms with Gasteiger partial charge in [-0.15, -0.1) is 0 Å². The van der Waals surface area contributed by atoms with Crippen molar-refractivity contribution in [3.63, 3.8) is 0 Å². The Balaban J connectivity index is 2.52. The highest BCUT2D eigenvalue weighted by Crippen LogP contribution is 2.43. The Bertz CT molecular complexity index is 409. The van der Waals surface area contributed by atoms with E-state index in [2.05, 4.69) is 0 Å². The van der Waals surface area contributed by atoms with Gasteiger partial charge in [-0.1, -0.05) is 6.07 Å². The van der Waals surface area contributed by atoms with E-state index >= 15 is 0 Å². The van der Waals surface area contributed by atoms with Gasteiger partial charge in [-0.25, -0.2) is 4.90 Å². The first kappa shape index (κ1) is 5.07. The Morgan fingerprint density at radius 2 is 1.91 bits per heavy atom. The first-order valence-electron chi connectivity index (χ1n) is 3.32. The maximum absolute atomic E-state index is 11.2. The quantitative estimate of drug-likeness (QED) is 0.506. The van der Waals surface area contributed by atoms with Crippen LogP contribution in [0.2, 0.25) is 0 Å². The first-order valence-corrected chi connectivity index (χ1v) is 3.32. The number of hydrogen-bond acceptors (Lipinski definition) is 2. The van der Waals surface area contributed by atoms with Crippen LogP contribution < -0.4 is 4.90 Å². The van der Waals surface area contributed by atoms with Gasteiger partial charge in [-0.2, -0.15) is 0 Å². The van der Waals surface area contributed by atoms with Gasteiger partial charge in [0.05, 0.1) is 16.8 Å². The van der Waals surface area contributed by atoms with Gasteiger partial charge < -0.3 is 0 Å². The van der Waals surface area contributed by atoms with Crippen LogP contribution in [0, 0.1) is 0 Å². The third-order valence-corrected chi connectivity index (χ3v) is 2.13. The maximum Gasteiger partial charge on any atom is 0.268 e. The molecule has 0 atom stereocenters. The fourth-order valence-corrected chi connectivity index (χ4v) is 1.62. The maximum atomic E-state index is 11.2. The summed E-state index contributed by atoms with van der Waals surface area (Å²) in [6.07, 6.45) is 0.